The monoisotopic (exact) mass is 306 g/mol. The summed E-state index contributed by atoms with van der Waals surface area (Å²) >= 11 is 0. The van der Waals surface area contributed by atoms with Crippen molar-refractivity contribution < 1.29 is 21.6 Å². The number of rotatable bonds is 3. The summed E-state index contributed by atoms with van der Waals surface area (Å²) in [6.45, 7) is -0.821. The van der Waals surface area contributed by atoms with Crippen LogP contribution in [0.2, 0.25) is 0 Å². The number of aromatic amines is 1. The topological polar surface area (TPSA) is 89.0 Å². The first-order valence-electron chi connectivity index (χ1n) is 4.36. The van der Waals surface area contributed by atoms with E-state index in [9.17, 15) is 31.2 Å². The van der Waals surface area contributed by atoms with Gasteiger partial charge in [0.1, 0.15) is 0 Å². The van der Waals surface area contributed by atoms with Crippen LogP contribution in [-0.2, 0) is 15.6 Å². The number of nitrogens with zero attached hydrogens (tertiary/aromatic N) is 1. The Kier molecular flexibility index (Phi) is 3.91. The molecular formula is C7H6ClF3N2O4S. The van der Waals surface area contributed by atoms with Gasteiger partial charge in [0.05, 0.1) is 6.42 Å². The van der Waals surface area contributed by atoms with E-state index in [1.165, 1.54) is 0 Å². The van der Waals surface area contributed by atoms with E-state index in [1.54, 1.807) is 4.98 Å². The van der Waals surface area contributed by atoms with Gasteiger partial charge in [-0.2, -0.15) is 13.2 Å². The van der Waals surface area contributed by atoms with Gasteiger partial charge in [0, 0.05) is 23.4 Å². The van der Waals surface area contributed by atoms with Crippen LogP contribution < -0.4 is 11.2 Å². The first-order valence-corrected chi connectivity index (χ1v) is 6.67. The molecule has 1 aromatic heterocycles. The molecule has 18 heavy (non-hydrogen) atoms. The van der Waals surface area contributed by atoms with Gasteiger partial charge < -0.3 is 0 Å². The molecule has 0 aromatic carbocycles. The van der Waals surface area contributed by atoms with Gasteiger partial charge in [0.25, 0.3) is 14.6 Å². The maximum Gasteiger partial charge on any atom is 0.390 e. The third-order valence-electron chi connectivity index (χ3n) is 1.88. The van der Waals surface area contributed by atoms with E-state index in [0.29, 0.717) is 10.8 Å². The third kappa shape index (κ3) is 3.88. The molecule has 102 valence electrons. The first-order chi connectivity index (χ1) is 8.00. The van der Waals surface area contributed by atoms with Crippen LogP contribution in [-0.4, -0.2) is 24.1 Å². The zero-order valence-electron chi connectivity index (χ0n) is 8.49. The number of H-pyrrole nitrogens is 1. The van der Waals surface area contributed by atoms with Crippen LogP contribution in [0, 0.1) is 0 Å². The van der Waals surface area contributed by atoms with Crippen molar-refractivity contribution in [2.75, 3.05) is 0 Å². The first kappa shape index (κ1) is 14.8. The highest BCUT2D eigenvalue weighted by Crippen LogP contribution is 2.19. The zero-order chi connectivity index (χ0) is 14.1. The van der Waals surface area contributed by atoms with E-state index in [0.717, 1.165) is 0 Å². The van der Waals surface area contributed by atoms with Crippen molar-refractivity contribution in [3.05, 3.63) is 27.0 Å². The second kappa shape index (κ2) is 4.76. The summed E-state index contributed by atoms with van der Waals surface area (Å²) < 4.78 is 58.1. The molecule has 0 atom stereocenters. The van der Waals surface area contributed by atoms with Gasteiger partial charge in [0.15, 0.2) is 4.90 Å². The number of alkyl halides is 3. The summed E-state index contributed by atoms with van der Waals surface area (Å²) in [5.41, 5.74) is -2.42. The van der Waals surface area contributed by atoms with Crippen LogP contribution in [0.4, 0.5) is 13.2 Å². The summed E-state index contributed by atoms with van der Waals surface area (Å²) in [6.07, 6.45) is -5.38. The van der Waals surface area contributed by atoms with E-state index in [-0.39, 0.29) is 0 Å². The van der Waals surface area contributed by atoms with Crippen molar-refractivity contribution in [3.63, 3.8) is 0 Å². The second-order valence-corrected chi connectivity index (χ2v) is 5.78. The molecule has 0 saturated carbocycles. The van der Waals surface area contributed by atoms with Crippen molar-refractivity contribution >= 4 is 19.7 Å². The second-order valence-electron chi connectivity index (χ2n) is 3.25. The van der Waals surface area contributed by atoms with Crippen LogP contribution in [0.25, 0.3) is 0 Å². The average molecular weight is 307 g/mol. The van der Waals surface area contributed by atoms with E-state index < -0.39 is 44.3 Å². The number of aryl methyl sites for hydroxylation is 1. The van der Waals surface area contributed by atoms with Gasteiger partial charge in [-0.05, 0) is 0 Å². The normalized spacial score (nSPS) is 12.7. The Labute approximate surface area is 102 Å². The Morgan fingerprint density at radius 2 is 1.89 bits per heavy atom. The number of nitrogens with one attached hydrogen (secondary N) is 1. The van der Waals surface area contributed by atoms with Crippen molar-refractivity contribution in [2.45, 2.75) is 24.0 Å². The van der Waals surface area contributed by atoms with Gasteiger partial charge in [0.2, 0.25) is 0 Å². The SMILES string of the molecule is O=c1[nH]c(=O)n(CCC(F)(F)F)cc1S(=O)(=O)Cl. The highest BCUT2D eigenvalue weighted by Gasteiger charge is 2.27. The van der Waals surface area contributed by atoms with Gasteiger partial charge in [-0.3, -0.25) is 14.3 Å². The summed E-state index contributed by atoms with van der Waals surface area (Å²) in [6, 6.07) is 0. The van der Waals surface area contributed by atoms with Gasteiger partial charge in [-0.1, -0.05) is 0 Å². The molecule has 0 fully saturated rings. The Morgan fingerprint density at radius 3 is 2.33 bits per heavy atom. The molecule has 1 rings (SSSR count). The lowest BCUT2D eigenvalue weighted by Gasteiger charge is -2.08. The smallest absolute Gasteiger partial charge is 0.299 e. The summed E-state index contributed by atoms with van der Waals surface area (Å²) in [7, 11) is 0.454. The molecule has 0 radical (unpaired) electrons. The number of hydrogen-bond acceptors (Lipinski definition) is 4. The molecule has 0 bridgehead atoms. The largest absolute Gasteiger partial charge is 0.390 e. The standard InChI is InChI=1S/C7H6ClF3N2O4S/c8-18(16,17)4-3-13(2-1-7(9,10)11)6(15)12-5(4)14/h3H,1-2H2,(H,12,14,15). The van der Waals surface area contributed by atoms with Crippen LogP contribution >= 0.6 is 10.7 Å². The van der Waals surface area contributed by atoms with Gasteiger partial charge in [-0.25, -0.2) is 13.2 Å². The van der Waals surface area contributed by atoms with Crippen LogP contribution in [0.3, 0.4) is 0 Å². The average Bonchev–Trinajstić information content (AvgIpc) is 2.12. The molecule has 1 aromatic rings. The van der Waals surface area contributed by atoms with Gasteiger partial charge in [-0.15, -0.1) is 0 Å². The van der Waals surface area contributed by atoms with Crippen LogP contribution in [0.1, 0.15) is 6.42 Å². The maximum absolute atomic E-state index is 12.0. The fraction of sp³-hybridized carbons (Fsp3) is 0.429. The molecule has 0 unspecified atom stereocenters. The molecule has 0 amide bonds. The molecule has 0 aliphatic rings. The Hall–Kier alpha value is -1.29. The quantitative estimate of drug-likeness (QED) is 0.819. The summed E-state index contributed by atoms with van der Waals surface area (Å²) in [4.78, 5) is 22.8. The van der Waals surface area contributed by atoms with E-state index in [4.69, 9.17) is 10.7 Å². The van der Waals surface area contributed by atoms with Crippen molar-refractivity contribution in [3.8, 4) is 0 Å². The Balaban J connectivity index is 3.23. The van der Waals surface area contributed by atoms with Crippen molar-refractivity contribution in [1.82, 2.24) is 9.55 Å². The minimum Gasteiger partial charge on any atom is -0.299 e. The maximum atomic E-state index is 12.0. The van der Waals surface area contributed by atoms with E-state index in [2.05, 4.69) is 0 Å². The van der Waals surface area contributed by atoms with E-state index >= 15 is 0 Å². The molecule has 11 heteroatoms. The molecule has 1 N–H and O–H groups in total. The fourth-order valence-corrected chi connectivity index (χ4v) is 1.93. The highest BCUT2D eigenvalue weighted by molar-refractivity contribution is 8.13. The predicted molar refractivity (Wildman–Crippen MR) is 55.0 cm³/mol. The Bertz CT molecular complexity index is 660. The molecule has 0 aliphatic heterocycles. The lowest BCUT2D eigenvalue weighted by molar-refractivity contribution is -0.136. The van der Waals surface area contributed by atoms with Crippen LogP contribution in [0.5, 0.6) is 0 Å². The fourth-order valence-electron chi connectivity index (χ4n) is 1.08. The minimum atomic E-state index is -4.52. The molecule has 0 saturated heterocycles. The predicted octanol–water partition coefficient (Wildman–Crippen LogP) is 0.416. The lowest BCUT2D eigenvalue weighted by Crippen LogP contribution is -2.33. The molecule has 0 spiro atoms. The van der Waals surface area contributed by atoms with Crippen molar-refractivity contribution in [1.29, 1.82) is 0 Å². The van der Waals surface area contributed by atoms with Crippen molar-refractivity contribution in [2.24, 2.45) is 0 Å². The molecule has 1 heterocycles. The Morgan fingerprint density at radius 1 is 1.33 bits per heavy atom. The molecule has 6 nitrogen and oxygen atoms in total. The number of halogens is 4. The number of aromatic nitrogens is 2. The van der Waals surface area contributed by atoms with Gasteiger partial charge >= 0.3 is 11.9 Å². The van der Waals surface area contributed by atoms with E-state index in [1.807, 2.05) is 0 Å². The minimum absolute atomic E-state index is 0.421. The summed E-state index contributed by atoms with van der Waals surface area (Å²) in [5, 5.41) is 0. The number of hydrogen-bond donors (Lipinski definition) is 1. The zero-order valence-corrected chi connectivity index (χ0v) is 10.1. The van der Waals surface area contributed by atoms with Crippen LogP contribution in [0.15, 0.2) is 20.7 Å². The summed E-state index contributed by atoms with van der Waals surface area (Å²) in [5.74, 6) is 0. The third-order valence-corrected chi connectivity index (χ3v) is 3.19. The molecular weight excluding hydrogens is 301 g/mol. The highest BCUT2D eigenvalue weighted by atomic mass is 35.7. The molecule has 0 aliphatic carbocycles. The lowest BCUT2D eigenvalue weighted by atomic mass is 10.4.